The van der Waals surface area contributed by atoms with E-state index in [4.69, 9.17) is 10.5 Å². The number of methoxy groups -OCH3 is 1. The van der Waals surface area contributed by atoms with Crippen molar-refractivity contribution in [1.29, 1.82) is 0 Å². The summed E-state index contributed by atoms with van der Waals surface area (Å²) in [5.74, 6) is 0.588. The highest BCUT2D eigenvalue weighted by atomic mass is 35.5. The van der Waals surface area contributed by atoms with Crippen molar-refractivity contribution in [3.05, 3.63) is 24.3 Å². The van der Waals surface area contributed by atoms with Crippen molar-refractivity contribution in [2.24, 2.45) is 5.73 Å². The molecule has 1 aromatic carbocycles. The Morgan fingerprint density at radius 3 is 2.77 bits per heavy atom. The highest BCUT2D eigenvalue weighted by Gasteiger charge is 2.13. The lowest BCUT2D eigenvalue weighted by Gasteiger charge is -2.12. The van der Waals surface area contributed by atoms with Gasteiger partial charge in [0.25, 0.3) is 0 Å². The number of thioether (sulfide) groups is 1. The summed E-state index contributed by atoms with van der Waals surface area (Å²) < 4.78 is 9.73. The fourth-order valence-electron chi connectivity index (χ4n) is 1.48. The van der Waals surface area contributed by atoms with Crippen LogP contribution in [0.1, 0.15) is 6.42 Å². The summed E-state index contributed by atoms with van der Waals surface area (Å²) in [6, 6.07) is 6.21. The molecule has 1 atom stereocenters. The number of halogens is 1. The van der Waals surface area contributed by atoms with Crippen molar-refractivity contribution in [3.63, 3.8) is 0 Å². The second-order valence-electron chi connectivity index (χ2n) is 4.27. The normalized spacial score (nSPS) is 11.0. The summed E-state index contributed by atoms with van der Waals surface area (Å²) in [4.78, 5) is 22.9. The Hall–Kier alpha value is -1.44. The summed E-state index contributed by atoms with van der Waals surface area (Å²) >= 11 is 1.64. The molecule has 0 fully saturated rings. The van der Waals surface area contributed by atoms with Crippen molar-refractivity contribution in [2.45, 2.75) is 12.5 Å². The number of carbonyl (C=O) groups is 2. The Labute approximate surface area is 140 Å². The maximum Gasteiger partial charge on any atom is 0.343 e. The van der Waals surface area contributed by atoms with Crippen LogP contribution in [0.15, 0.2) is 24.3 Å². The monoisotopic (exact) mass is 348 g/mol. The zero-order valence-electron chi connectivity index (χ0n) is 12.5. The number of hydrogen-bond acceptors (Lipinski definition) is 6. The van der Waals surface area contributed by atoms with E-state index in [1.54, 1.807) is 36.0 Å². The molecule has 0 spiro atoms. The van der Waals surface area contributed by atoms with Gasteiger partial charge in [-0.2, -0.15) is 11.8 Å². The van der Waals surface area contributed by atoms with Crippen molar-refractivity contribution in [2.75, 3.05) is 31.0 Å². The molecule has 0 unspecified atom stereocenters. The van der Waals surface area contributed by atoms with E-state index in [0.717, 1.165) is 5.75 Å². The minimum atomic E-state index is -0.544. The van der Waals surface area contributed by atoms with Crippen LogP contribution in [-0.2, 0) is 14.3 Å². The molecule has 0 saturated heterocycles. The molecule has 0 saturated carbocycles. The molecule has 0 aliphatic rings. The van der Waals surface area contributed by atoms with Gasteiger partial charge in [-0.15, -0.1) is 12.4 Å². The Morgan fingerprint density at radius 1 is 1.41 bits per heavy atom. The maximum atomic E-state index is 11.9. The molecular weight excluding hydrogens is 328 g/mol. The fraction of sp³-hybridized carbons (Fsp3) is 0.429. The van der Waals surface area contributed by atoms with Crippen molar-refractivity contribution < 1.29 is 19.1 Å². The highest BCUT2D eigenvalue weighted by Crippen LogP contribution is 2.17. The van der Waals surface area contributed by atoms with E-state index in [1.807, 2.05) is 6.26 Å². The van der Waals surface area contributed by atoms with Crippen LogP contribution < -0.4 is 15.8 Å². The predicted molar refractivity (Wildman–Crippen MR) is 90.8 cm³/mol. The summed E-state index contributed by atoms with van der Waals surface area (Å²) in [6.07, 6.45) is 2.58. The lowest BCUT2D eigenvalue weighted by molar-refractivity contribution is -0.142. The topological polar surface area (TPSA) is 90.6 Å². The summed E-state index contributed by atoms with van der Waals surface area (Å²) in [7, 11) is 1.29. The average Bonchev–Trinajstić information content (AvgIpc) is 2.50. The molecule has 0 radical (unpaired) electrons. The third kappa shape index (κ3) is 7.53. The van der Waals surface area contributed by atoms with E-state index in [2.05, 4.69) is 10.1 Å². The molecule has 1 amide bonds. The van der Waals surface area contributed by atoms with Gasteiger partial charge in [0.1, 0.15) is 5.75 Å². The highest BCUT2D eigenvalue weighted by molar-refractivity contribution is 7.98. The molecule has 8 heteroatoms. The van der Waals surface area contributed by atoms with Crippen LogP contribution in [0.2, 0.25) is 0 Å². The number of benzene rings is 1. The summed E-state index contributed by atoms with van der Waals surface area (Å²) in [5.41, 5.74) is 6.36. The molecule has 0 heterocycles. The van der Waals surface area contributed by atoms with Crippen LogP contribution in [-0.4, -0.2) is 43.6 Å². The molecule has 22 heavy (non-hydrogen) atoms. The van der Waals surface area contributed by atoms with E-state index in [0.29, 0.717) is 17.9 Å². The number of nitrogens with one attached hydrogen (secondary N) is 1. The first-order chi connectivity index (χ1) is 10.1. The third-order valence-electron chi connectivity index (χ3n) is 2.66. The zero-order valence-corrected chi connectivity index (χ0v) is 14.2. The van der Waals surface area contributed by atoms with Crippen LogP contribution in [0.4, 0.5) is 5.69 Å². The Bertz CT molecular complexity index is 488. The molecular formula is C14H21ClN2O4S. The van der Waals surface area contributed by atoms with Gasteiger partial charge in [0.2, 0.25) is 5.91 Å². The first kappa shape index (κ1) is 20.6. The smallest absolute Gasteiger partial charge is 0.343 e. The number of rotatable bonds is 8. The lowest BCUT2D eigenvalue weighted by atomic mass is 10.2. The molecule has 6 nitrogen and oxygen atoms in total. The first-order valence-electron chi connectivity index (χ1n) is 6.42. The standard InChI is InChI=1S/C14H20N2O4S.ClH/c1-19-13(17)9-20-11-5-3-4-10(8-11)16-14(18)12(15)6-7-21-2;/h3-5,8,12H,6-7,9,15H2,1-2H3,(H,16,18);1H/t12-;/m0./s1. The second-order valence-corrected chi connectivity index (χ2v) is 5.26. The van der Waals surface area contributed by atoms with Gasteiger partial charge < -0.3 is 20.5 Å². The summed E-state index contributed by atoms with van der Waals surface area (Å²) in [5, 5.41) is 2.72. The van der Waals surface area contributed by atoms with Gasteiger partial charge in [-0.1, -0.05) is 6.07 Å². The van der Waals surface area contributed by atoms with Crippen molar-refractivity contribution >= 4 is 41.7 Å². The Kier molecular flexibility index (Phi) is 10.4. The van der Waals surface area contributed by atoms with Crippen LogP contribution in [0.25, 0.3) is 0 Å². The van der Waals surface area contributed by atoms with Gasteiger partial charge in [-0.25, -0.2) is 4.79 Å². The number of carbonyl (C=O) groups excluding carboxylic acids is 2. The molecule has 0 aliphatic carbocycles. The second kappa shape index (κ2) is 11.2. The van der Waals surface area contributed by atoms with Crippen LogP contribution in [0.5, 0.6) is 5.75 Å². The van der Waals surface area contributed by atoms with Gasteiger partial charge in [-0.05, 0) is 30.6 Å². The van der Waals surface area contributed by atoms with Crippen molar-refractivity contribution in [1.82, 2.24) is 0 Å². The van der Waals surface area contributed by atoms with E-state index in [-0.39, 0.29) is 24.9 Å². The molecule has 1 rings (SSSR count). The first-order valence-corrected chi connectivity index (χ1v) is 7.81. The number of hydrogen-bond donors (Lipinski definition) is 2. The van der Waals surface area contributed by atoms with Crippen LogP contribution >= 0.6 is 24.2 Å². The number of anilines is 1. The van der Waals surface area contributed by atoms with Gasteiger partial charge in [-0.3, -0.25) is 4.79 Å². The van der Waals surface area contributed by atoms with Gasteiger partial charge in [0.05, 0.1) is 13.2 Å². The van der Waals surface area contributed by atoms with Gasteiger partial charge in [0.15, 0.2) is 6.61 Å². The fourth-order valence-corrected chi connectivity index (χ4v) is 1.97. The molecule has 124 valence electrons. The summed E-state index contributed by atoms with van der Waals surface area (Å²) in [6.45, 7) is -0.179. The number of nitrogens with two attached hydrogens (primary N) is 1. The Balaban J connectivity index is 0.00000441. The van der Waals surface area contributed by atoms with Crippen LogP contribution in [0.3, 0.4) is 0 Å². The van der Waals surface area contributed by atoms with Crippen LogP contribution in [0, 0.1) is 0 Å². The van der Waals surface area contributed by atoms with E-state index in [9.17, 15) is 9.59 Å². The third-order valence-corrected chi connectivity index (χ3v) is 3.30. The lowest BCUT2D eigenvalue weighted by Crippen LogP contribution is -2.36. The van der Waals surface area contributed by atoms with E-state index >= 15 is 0 Å². The van der Waals surface area contributed by atoms with Gasteiger partial charge in [0, 0.05) is 11.8 Å². The Morgan fingerprint density at radius 2 is 2.14 bits per heavy atom. The minimum absolute atomic E-state index is 0. The van der Waals surface area contributed by atoms with Crippen molar-refractivity contribution in [3.8, 4) is 5.75 Å². The largest absolute Gasteiger partial charge is 0.482 e. The zero-order chi connectivity index (χ0) is 15.7. The van der Waals surface area contributed by atoms with E-state index < -0.39 is 12.0 Å². The molecule has 3 N–H and O–H groups in total. The SMILES string of the molecule is COC(=O)COc1cccc(NC(=O)[C@@H](N)CCSC)c1.Cl. The molecule has 1 aromatic rings. The number of ether oxygens (including phenoxy) is 2. The minimum Gasteiger partial charge on any atom is -0.482 e. The molecule has 0 aromatic heterocycles. The molecule has 0 aliphatic heterocycles. The number of esters is 1. The predicted octanol–water partition coefficient (Wildman–Crippen LogP) is 1.68. The number of amides is 1. The maximum absolute atomic E-state index is 11.9. The average molecular weight is 349 g/mol. The van der Waals surface area contributed by atoms with E-state index in [1.165, 1.54) is 7.11 Å². The molecule has 0 bridgehead atoms. The quantitative estimate of drug-likeness (QED) is 0.695. The van der Waals surface area contributed by atoms with Gasteiger partial charge >= 0.3 is 5.97 Å².